The van der Waals surface area contributed by atoms with E-state index in [9.17, 15) is 13.6 Å². The first-order chi connectivity index (χ1) is 10.5. The second-order valence-electron chi connectivity index (χ2n) is 4.64. The molecule has 0 saturated carbocycles. The van der Waals surface area contributed by atoms with Crippen molar-refractivity contribution in [2.45, 2.75) is 19.6 Å². The van der Waals surface area contributed by atoms with Gasteiger partial charge in [0.1, 0.15) is 5.75 Å². The van der Waals surface area contributed by atoms with Gasteiger partial charge in [-0.1, -0.05) is 36.4 Å². The van der Waals surface area contributed by atoms with Gasteiger partial charge in [0, 0.05) is 11.8 Å². The van der Waals surface area contributed by atoms with Gasteiger partial charge in [-0.05, 0) is 24.6 Å². The average molecular weight is 306 g/mol. The molecule has 0 radical (unpaired) electrons. The van der Waals surface area contributed by atoms with Crippen LogP contribution in [-0.4, -0.2) is 12.6 Å². The highest BCUT2D eigenvalue weighted by Gasteiger charge is 2.10. The van der Waals surface area contributed by atoms with Crippen LogP contribution < -0.4 is 15.4 Å². The van der Waals surface area contributed by atoms with E-state index in [2.05, 4.69) is 15.4 Å². The van der Waals surface area contributed by atoms with Crippen molar-refractivity contribution >= 4 is 11.7 Å². The molecule has 2 aromatic carbocycles. The standard InChI is InChI=1S/C16H16F2N2O2/c1-11(12-6-3-2-4-7-12)19-16(21)20-13-8-5-9-14(10-13)22-15(17)18/h2-11,15H,1H3,(H2,19,20,21)/t11-/m0/s1. The molecule has 0 fully saturated rings. The summed E-state index contributed by atoms with van der Waals surface area (Å²) in [7, 11) is 0. The van der Waals surface area contributed by atoms with Crippen molar-refractivity contribution in [3.05, 3.63) is 60.2 Å². The molecule has 0 aliphatic carbocycles. The third kappa shape index (κ3) is 4.73. The Morgan fingerprint density at radius 3 is 2.50 bits per heavy atom. The van der Waals surface area contributed by atoms with E-state index in [1.54, 1.807) is 6.07 Å². The lowest BCUT2D eigenvalue weighted by molar-refractivity contribution is -0.0497. The Bertz CT molecular complexity index is 621. The SMILES string of the molecule is C[C@H](NC(=O)Nc1cccc(OC(F)F)c1)c1ccccc1. The largest absolute Gasteiger partial charge is 0.435 e. The third-order valence-electron chi connectivity index (χ3n) is 2.96. The fourth-order valence-corrected chi connectivity index (χ4v) is 1.94. The molecule has 0 aliphatic heterocycles. The van der Waals surface area contributed by atoms with Gasteiger partial charge in [0.05, 0.1) is 6.04 Å². The number of ether oxygens (including phenoxy) is 1. The number of hydrogen-bond acceptors (Lipinski definition) is 2. The molecule has 2 amide bonds. The Hall–Kier alpha value is -2.63. The molecule has 0 aliphatic rings. The Kier molecular flexibility index (Phi) is 5.30. The smallest absolute Gasteiger partial charge is 0.387 e. The molecule has 0 spiro atoms. The number of urea groups is 1. The second-order valence-corrected chi connectivity index (χ2v) is 4.64. The number of carbonyl (C=O) groups excluding carboxylic acids is 1. The van der Waals surface area contributed by atoms with Gasteiger partial charge in [0.25, 0.3) is 0 Å². The molecule has 6 heteroatoms. The van der Waals surface area contributed by atoms with Crippen LogP contribution in [0.15, 0.2) is 54.6 Å². The molecule has 2 rings (SSSR count). The third-order valence-corrected chi connectivity index (χ3v) is 2.96. The average Bonchev–Trinajstić information content (AvgIpc) is 2.47. The van der Waals surface area contributed by atoms with Crippen LogP contribution >= 0.6 is 0 Å². The van der Waals surface area contributed by atoms with Crippen LogP contribution in [-0.2, 0) is 0 Å². The van der Waals surface area contributed by atoms with E-state index in [4.69, 9.17) is 0 Å². The normalized spacial score (nSPS) is 11.8. The number of halogens is 2. The molecule has 0 saturated heterocycles. The zero-order chi connectivity index (χ0) is 15.9. The summed E-state index contributed by atoms with van der Waals surface area (Å²) in [4.78, 5) is 11.9. The van der Waals surface area contributed by atoms with Gasteiger partial charge in [-0.25, -0.2) is 4.79 Å². The van der Waals surface area contributed by atoms with Crippen LogP contribution in [0.1, 0.15) is 18.5 Å². The molecule has 4 nitrogen and oxygen atoms in total. The topological polar surface area (TPSA) is 50.4 Å². The lowest BCUT2D eigenvalue weighted by Crippen LogP contribution is -2.31. The number of hydrogen-bond donors (Lipinski definition) is 2. The first-order valence-corrected chi connectivity index (χ1v) is 6.72. The van der Waals surface area contributed by atoms with Crippen molar-refractivity contribution in [2.75, 3.05) is 5.32 Å². The summed E-state index contributed by atoms with van der Waals surface area (Å²) in [6, 6.07) is 14.7. The molecular weight excluding hydrogens is 290 g/mol. The molecule has 116 valence electrons. The maximum atomic E-state index is 12.2. The van der Waals surface area contributed by atoms with Gasteiger partial charge in [-0.2, -0.15) is 8.78 Å². The fraction of sp³-hybridized carbons (Fsp3) is 0.188. The van der Waals surface area contributed by atoms with Crippen molar-refractivity contribution in [3.63, 3.8) is 0 Å². The Labute approximate surface area is 127 Å². The van der Waals surface area contributed by atoms with E-state index < -0.39 is 12.6 Å². The summed E-state index contributed by atoms with van der Waals surface area (Å²) < 4.78 is 28.6. The van der Waals surface area contributed by atoms with E-state index in [1.807, 2.05) is 37.3 Å². The highest BCUT2D eigenvalue weighted by Crippen LogP contribution is 2.19. The van der Waals surface area contributed by atoms with Gasteiger partial charge in [0.15, 0.2) is 0 Å². The van der Waals surface area contributed by atoms with Crippen molar-refractivity contribution in [2.24, 2.45) is 0 Å². The molecule has 0 bridgehead atoms. The minimum atomic E-state index is -2.90. The predicted octanol–water partition coefficient (Wildman–Crippen LogP) is 4.17. The Balaban J connectivity index is 1.94. The second kappa shape index (κ2) is 7.40. The number of anilines is 1. The van der Waals surface area contributed by atoms with Crippen LogP contribution in [0.3, 0.4) is 0 Å². The minimum absolute atomic E-state index is 0.0103. The summed E-state index contributed by atoms with van der Waals surface area (Å²) in [5, 5.41) is 5.35. The Morgan fingerprint density at radius 2 is 1.82 bits per heavy atom. The molecule has 2 aromatic rings. The lowest BCUT2D eigenvalue weighted by atomic mass is 10.1. The summed E-state index contributed by atoms with van der Waals surface area (Å²) in [5.41, 5.74) is 1.34. The summed E-state index contributed by atoms with van der Waals surface area (Å²) in [5.74, 6) is -0.0103. The van der Waals surface area contributed by atoms with Crippen molar-refractivity contribution in [3.8, 4) is 5.75 Å². The van der Waals surface area contributed by atoms with Gasteiger partial charge in [0.2, 0.25) is 0 Å². The molecule has 2 N–H and O–H groups in total. The molecular formula is C16H16F2N2O2. The molecule has 22 heavy (non-hydrogen) atoms. The van der Waals surface area contributed by atoms with Gasteiger partial charge < -0.3 is 15.4 Å². The first kappa shape index (κ1) is 15.8. The van der Waals surface area contributed by atoms with Crippen LogP contribution in [0.25, 0.3) is 0 Å². The van der Waals surface area contributed by atoms with Gasteiger partial charge in [-0.3, -0.25) is 0 Å². The van der Waals surface area contributed by atoms with Crippen LogP contribution in [0, 0.1) is 0 Å². The van der Waals surface area contributed by atoms with Crippen molar-refractivity contribution in [1.29, 1.82) is 0 Å². The Morgan fingerprint density at radius 1 is 1.09 bits per heavy atom. The lowest BCUT2D eigenvalue weighted by Gasteiger charge is -2.15. The highest BCUT2D eigenvalue weighted by atomic mass is 19.3. The van der Waals surface area contributed by atoms with E-state index in [0.29, 0.717) is 5.69 Å². The summed E-state index contributed by atoms with van der Waals surface area (Å²) in [6.45, 7) is -1.05. The van der Waals surface area contributed by atoms with Crippen LogP contribution in [0.5, 0.6) is 5.75 Å². The highest BCUT2D eigenvalue weighted by molar-refractivity contribution is 5.89. The monoisotopic (exact) mass is 306 g/mol. The van der Waals surface area contributed by atoms with E-state index >= 15 is 0 Å². The predicted molar refractivity (Wildman–Crippen MR) is 80.1 cm³/mol. The van der Waals surface area contributed by atoms with Crippen molar-refractivity contribution in [1.82, 2.24) is 5.32 Å². The maximum Gasteiger partial charge on any atom is 0.387 e. The molecule has 0 aromatic heterocycles. The number of amides is 2. The number of benzene rings is 2. The number of carbonyl (C=O) groups is 1. The van der Waals surface area contributed by atoms with Crippen LogP contribution in [0.2, 0.25) is 0 Å². The number of rotatable bonds is 5. The van der Waals surface area contributed by atoms with E-state index in [-0.39, 0.29) is 11.8 Å². The van der Waals surface area contributed by atoms with Crippen LogP contribution in [0.4, 0.5) is 19.3 Å². The summed E-state index contributed by atoms with van der Waals surface area (Å²) in [6.07, 6.45) is 0. The molecule has 0 unspecified atom stereocenters. The number of nitrogens with one attached hydrogen (secondary N) is 2. The van der Waals surface area contributed by atoms with Gasteiger partial charge in [-0.15, -0.1) is 0 Å². The zero-order valence-electron chi connectivity index (χ0n) is 11.9. The van der Waals surface area contributed by atoms with E-state index in [1.165, 1.54) is 18.2 Å². The van der Waals surface area contributed by atoms with Gasteiger partial charge >= 0.3 is 12.6 Å². The first-order valence-electron chi connectivity index (χ1n) is 6.72. The zero-order valence-corrected chi connectivity index (χ0v) is 11.9. The number of alkyl halides is 2. The summed E-state index contributed by atoms with van der Waals surface area (Å²) >= 11 is 0. The maximum absolute atomic E-state index is 12.2. The van der Waals surface area contributed by atoms with Crippen molar-refractivity contribution < 1.29 is 18.3 Å². The quantitative estimate of drug-likeness (QED) is 0.871. The molecule has 0 heterocycles. The van der Waals surface area contributed by atoms with E-state index in [0.717, 1.165) is 5.56 Å². The molecule has 1 atom stereocenters. The fourth-order valence-electron chi connectivity index (χ4n) is 1.94. The minimum Gasteiger partial charge on any atom is -0.435 e.